The molecule has 0 fully saturated rings. The van der Waals surface area contributed by atoms with E-state index in [2.05, 4.69) is 4.90 Å². The molecule has 0 rings (SSSR count). The molecule has 0 aliphatic heterocycles. The molecule has 0 amide bonds. The third kappa shape index (κ3) is 5.47. The van der Waals surface area contributed by atoms with Crippen LogP contribution in [0.2, 0.25) is 0 Å². The predicted molar refractivity (Wildman–Crippen MR) is 64.2 cm³/mol. The fraction of sp³-hybridized carbons (Fsp3) is 0.917. The lowest BCUT2D eigenvalue weighted by Crippen LogP contribution is -2.38. The number of rotatable bonds is 8. The van der Waals surface area contributed by atoms with Crippen LogP contribution in [0.15, 0.2) is 0 Å². The number of methoxy groups -OCH3 is 1. The molecular weight excluding hydrogens is 206 g/mol. The van der Waals surface area contributed by atoms with Crippen molar-refractivity contribution < 1.29 is 14.6 Å². The van der Waals surface area contributed by atoms with Gasteiger partial charge in [0.2, 0.25) is 0 Å². The minimum absolute atomic E-state index is 0.104. The highest BCUT2D eigenvalue weighted by Gasteiger charge is 2.23. The summed E-state index contributed by atoms with van der Waals surface area (Å²) < 4.78 is 4.73. The summed E-state index contributed by atoms with van der Waals surface area (Å²) in [6, 6.07) is 0.182. The highest BCUT2D eigenvalue weighted by molar-refractivity contribution is 5.72. The largest absolute Gasteiger partial charge is 0.469 e. The van der Waals surface area contributed by atoms with Gasteiger partial charge in [0, 0.05) is 12.6 Å². The smallest absolute Gasteiger partial charge is 0.309 e. The maximum Gasteiger partial charge on any atom is 0.309 e. The standard InChI is InChI=1S/C12H25NO3/c1-10(12(15)16-4)11(2)13(3)8-6-5-7-9-14/h10-11,14H,5-9H2,1-4H3. The van der Waals surface area contributed by atoms with Gasteiger partial charge in [-0.1, -0.05) is 6.92 Å². The molecule has 0 aliphatic carbocycles. The molecule has 0 radical (unpaired) electrons. The Hall–Kier alpha value is -0.610. The molecule has 0 heterocycles. The van der Waals surface area contributed by atoms with Gasteiger partial charge in [-0.3, -0.25) is 4.79 Å². The van der Waals surface area contributed by atoms with Gasteiger partial charge in [-0.05, 0) is 39.8 Å². The first-order valence-electron chi connectivity index (χ1n) is 5.93. The van der Waals surface area contributed by atoms with Crippen LogP contribution in [0.4, 0.5) is 0 Å². The van der Waals surface area contributed by atoms with Gasteiger partial charge in [-0.25, -0.2) is 0 Å². The topological polar surface area (TPSA) is 49.8 Å². The first-order chi connectivity index (χ1) is 7.54. The normalized spacial score (nSPS) is 14.9. The highest BCUT2D eigenvalue weighted by Crippen LogP contribution is 2.11. The number of unbranched alkanes of at least 4 members (excludes halogenated alkanes) is 2. The van der Waals surface area contributed by atoms with Crippen LogP contribution in [-0.2, 0) is 9.53 Å². The first-order valence-corrected chi connectivity index (χ1v) is 5.93. The van der Waals surface area contributed by atoms with Crippen molar-refractivity contribution in [3.05, 3.63) is 0 Å². The second kappa shape index (κ2) is 8.53. The van der Waals surface area contributed by atoms with E-state index in [1.807, 2.05) is 20.9 Å². The Kier molecular flexibility index (Phi) is 8.21. The predicted octanol–water partition coefficient (Wildman–Crippen LogP) is 1.28. The summed E-state index contributed by atoms with van der Waals surface area (Å²) in [5.74, 6) is -0.262. The van der Waals surface area contributed by atoms with Crippen molar-refractivity contribution in [2.24, 2.45) is 5.92 Å². The molecule has 0 saturated heterocycles. The lowest BCUT2D eigenvalue weighted by atomic mass is 10.0. The van der Waals surface area contributed by atoms with Crippen molar-refractivity contribution in [3.8, 4) is 0 Å². The van der Waals surface area contributed by atoms with Gasteiger partial charge in [0.15, 0.2) is 0 Å². The van der Waals surface area contributed by atoms with Crippen molar-refractivity contribution in [3.63, 3.8) is 0 Å². The van der Waals surface area contributed by atoms with Crippen molar-refractivity contribution >= 4 is 5.97 Å². The summed E-state index contributed by atoms with van der Waals surface area (Å²) in [5.41, 5.74) is 0. The highest BCUT2D eigenvalue weighted by atomic mass is 16.5. The summed E-state index contributed by atoms with van der Waals surface area (Å²) in [4.78, 5) is 13.5. The summed E-state index contributed by atoms with van der Waals surface area (Å²) in [7, 11) is 3.44. The molecule has 0 aromatic rings. The zero-order valence-electron chi connectivity index (χ0n) is 10.9. The average Bonchev–Trinajstić information content (AvgIpc) is 2.31. The number of carbonyl (C=O) groups excluding carboxylic acids is 1. The van der Waals surface area contributed by atoms with Crippen LogP contribution in [0.1, 0.15) is 33.1 Å². The van der Waals surface area contributed by atoms with Gasteiger partial charge in [0.1, 0.15) is 0 Å². The lowest BCUT2D eigenvalue weighted by molar-refractivity contribution is -0.146. The average molecular weight is 231 g/mol. The first kappa shape index (κ1) is 15.4. The summed E-state index contributed by atoms with van der Waals surface area (Å²) >= 11 is 0. The molecule has 2 atom stereocenters. The Morgan fingerprint density at radius 1 is 1.31 bits per heavy atom. The number of aliphatic hydroxyl groups is 1. The summed E-state index contributed by atoms with van der Waals surface area (Å²) in [5, 5.41) is 8.66. The molecule has 0 saturated carbocycles. The third-order valence-electron chi connectivity index (χ3n) is 3.16. The van der Waals surface area contributed by atoms with Crippen LogP contribution in [-0.4, -0.2) is 49.3 Å². The van der Waals surface area contributed by atoms with E-state index in [1.54, 1.807) is 0 Å². The van der Waals surface area contributed by atoms with Gasteiger partial charge in [-0.15, -0.1) is 0 Å². The third-order valence-corrected chi connectivity index (χ3v) is 3.16. The number of esters is 1. The quantitative estimate of drug-likeness (QED) is 0.505. The fourth-order valence-electron chi connectivity index (χ4n) is 1.62. The molecule has 0 spiro atoms. The monoisotopic (exact) mass is 231 g/mol. The van der Waals surface area contributed by atoms with Crippen molar-refractivity contribution in [1.29, 1.82) is 0 Å². The van der Waals surface area contributed by atoms with Gasteiger partial charge >= 0.3 is 5.97 Å². The molecule has 0 bridgehead atoms. The van der Waals surface area contributed by atoms with Crippen LogP contribution >= 0.6 is 0 Å². The van der Waals surface area contributed by atoms with E-state index in [0.717, 1.165) is 25.8 Å². The number of hydrogen-bond donors (Lipinski definition) is 1. The summed E-state index contributed by atoms with van der Waals surface area (Å²) in [6.45, 7) is 5.13. The molecule has 0 aliphatic rings. The number of hydrogen-bond acceptors (Lipinski definition) is 4. The molecule has 0 aromatic carbocycles. The second-order valence-electron chi connectivity index (χ2n) is 4.32. The van der Waals surface area contributed by atoms with Gasteiger partial charge in [-0.2, -0.15) is 0 Å². The van der Waals surface area contributed by atoms with Gasteiger partial charge in [0.05, 0.1) is 13.0 Å². The van der Waals surface area contributed by atoms with Crippen molar-refractivity contribution in [1.82, 2.24) is 4.90 Å². The van der Waals surface area contributed by atoms with Crippen LogP contribution in [0.3, 0.4) is 0 Å². The van der Waals surface area contributed by atoms with E-state index in [1.165, 1.54) is 7.11 Å². The molecule has 4 heteroatoms. The van der Waals surface area contributed by atoms with Crippen LogP contribution in [0, 0.1) is 5.92 Å². The number of aliphatic hydroxyl groups excluding tert-OH is 1. The van der Waals surface area contributed by atoms with Crippen molar-refractivity contribution in [2.45, 2.75) is 39.2 Å². The van der Waals surface area contributed by atoms with E-state index in [9.17, 15) is 4.79 Å². The number of nitrogens with zero attached hydrogens (tertiary/aromatic N) is 1. The number of ether oxygens (including phenoxy) is 1. The van der Waals surface area contributed by atoms with E-state index in [-0.39, 0.29) is 24.5 Å². The molecule has 2 unspecified atom stereocenters. The number of carbonyl (C=O) groups is 1. The second-order valence-corrected chi connectivity index (χ2v) is 4.32. The minimum Gasteiger partial charge on any atom is -0.469 e. The molecule has 16 heavy (non-hydrogen) atoms. The maximum atomic E-state index is 11.4. The van der Waals surface area contributed by atoms with Crippen LogP contribution in [0.5, 0.6) is 0 Å². The Morgan fingerprint density at radius 3 is 2.44 bits per heavy atom. The van der Waals surface area contributed by atoms with Gasteiger partial charge in [0.25, 0.3) is 0 Å². The zero-order valence-corrected chi connectivity index (χ0v) is 10.9. The molecular formula is C12H25NO3. The van der Waals surface area contributed by atoms with E-state index < -0.39 is 0 Å². The van der Waals surface area contributed by atoms with E-state index in [4.69, 9.17) is 9.84 Å². The van der Waals surface area contributed by atoms with Crippen LogP contribution in [0.25, 0.3) is 0 Å². The molecule has 4 nitrogen and oxygen atoms in total. The Morgan fingerprint density at radius 2 is 1.94 bits per heavy atom. The van der Waals surface area contributed by atoms with Crippen LogP contribution < -0.4 is 0 Å². The summed E-state index contributed by atoms with van der Waals surface area (Å²) in [6.07, 6.45) is 2.93. The zero-order chi connectivity index (χ0) is 12.6. The SMILES string of the molecule is COC(=O)C(C)C(C)N(C)CCCCCO. The lowest BCUT2D eigenvalue weighted by Gasteiger charge is -2.28. The Labute approximate surface area is 98.6 Å². The Bertz CT molecular complexity index is 197. The minimum atomic E-state index is -0.158. The fourth-order valence-corrected chi connectivity index (χ4v) is 1.62. The van der Waals surface area contributed by atoms with E-state index in [0.29, 0.717) is 0 Å². The maximum absolute atomic E-state index is 11.4. The van der Waals surface area contributed by atoms with Gasteiger partial charge < -0.3 is 14.7 Å². The molecule has 96 valence electrons. The Balaban J connectivity index is 3.88. The molecule has 0 aromatic heterocycles. The van der Waals surface area contributed by atoms with E-state index >= 15 is 0 Å². The van der Waals surface area contributed by atoms with Crippen molar-refractivity contribution in [2.75, 3.05) is 27.3 Å². The molecule has 1 N–H and O–H groups in total.